The van der Waals surface area contributed by atoms with Gasteiger partial charge in [-0.05, 0) is 25.8 Å². The van der Waals surface area contributed by atoms with Gasteiger partial charge in [-0.2, -0.15) is 0 Å². The maximum atomic E-state index is 12.8. The Bertz CT molecular complexity index is 744. The molecule has 1 aliphatic rings. The number of hydrogen-bond donors (Lipinski definition) is 2. The highest BCUT2D eigenvalue weighted by atomic mass is 35.5. The van der Waals surface area contributed by atoms with Gasteiger partial charge in [-0.3, -0.25) is 4.79 Å². The summed E-state index contributed by atoms with van der Waals surface area (Å²) < 4.78 is 0. The second-order valence-electron chi connectivity index (χ2n) is 6.19. The molecule has 0 saturated carbocycles. The van der Waals surface area contributed by atoms with Crippen molar-refractivity contribution in [2.45, 2.75) is 25.9 Å². The Morgan fingerprint density at radius 3 is 2.74 bits per heavy atom. The minimum Gasteiger partial charge on any atom is -0.506 e. The highest BCUT2D eigenvalue weighted by Gasteiger charge is 2.29. The number of fused-ring (bicyclic) bond motifs is 1. The molecule has 1 saturated heterocycles. The SMILES string of the molecule is CC(O)C1CCCN(C(=O)c2cc(Cl)c3ccccc3c2O)C1. The molecule has 122 valence electrons. The van der Waals surface area contributed by atoms with Crippen LogP contribution in [-0.2, 0) is 0 Å². The van der Waals surface area contributed by atoms with E-state index in [1.165, 1.54) is 6.07 Å². The summed E-state index contributed by atoms with van der Waals surface area (Å²) in [5.41, 5.74) is 0.222. The summed E-state index contributed by atoms with van der Waals surface area (Å²) in [5, 5.41) is 22.0. The van der Waals surface area contributed by atoms with Gasteiger partial charge in [0, 0.05) is 34.8 Å². The fourth-order valence-electron chi connectivity index (χ4n) is 3.24. The average molecular weight is 334 g/mol. The lowest BCUT2D eigenvalue weighted by Gasteiger charge is -2.34. The summed E-state index contributed by atoms with van der Waals surface area (Å²) >= 11 is 6.27. The van der Waals surface area contributed by atoms with E-state index in [2.05, 4.69) is 0 Å². The van der Waals surface area contributed by atoms with Gasteiger partial charge in [0.1, 0.15) is 5.75 Å². The molecule has 23 heavy (non-hydrogen) atoms. The normalized spacial score (nSPS) is 19.8. The predicted octanol–water partition coefficient (Wildman–Crippen LogP) is 3.43. The number of carbonyl (C=O) groups excluding carboxylic acids is 1. The minimum absolute atomic E-state index is 0.0332. The van der Waals surface area contributed by atoms with E-state index in [9.17, 15) is 15.0 Å². The van der Waals surface area contributed by atoms with Crippen LogP contribution in [0.3, 0.4) is 0 Å². The summed E-state index contributed by atoms with van der Waals surface area (Å²) in [7, 11) is 0. The molecule has 0 spiro atoms. The van der Waals surface area contributed by atoms with Crippen molar-refractivity contribution in [1.82, 2.24) is 4.90 Å². The van der Waals surface area contributed by atoms with E-state index >= 15 is 0 Å². The Morgan fingerprint density at radius 1 is 1.35 bits per heavy atom. The molecule has 1 aliphatic heterocycles. The third-order valence-electron chi connectivity index (χ3n) is 4.62. The van der Waals surface area contributed by atoms with Crippen LogP contribution in [0, 0.1) is 5.92 Å². The predicted molar refractivity (Wildman–Crippen MR) is 90.9 cm³/mol. The summed E-state index contributed by atoms with van der Waals surface area (Å²) in [6.07, 6.45) is 1.31. The first-order valence-corrected chi connectivity index (χ1v) is 8.24. The molecule has 1 heterocycles. The first-order chi connectivity index (χ1) is 11.0. The number of phenols is 1. The molecular formula is C18H20ClNO3. The number of aliphatic hydroxyl groups excluding tert-OH is 1. The van der Waals surface area contributed by atoms with E-state index in [0.29, 0.717) is 23.5 Å². The Kier molecular flexibility index (Phi) is 4.46. The first-order valence-electron chi connectivity index (χ1n) is 7.86. The molecule has 1 fully saturated rings. The number of nitrogens with zero attached hydrogens (tertiary/aromatic N) is 1. The second kappa shape index (κ2) is 6.38. The lowest BCUT2D eigenvalue weighted by molar-refractivity contribution is 0.0464. The lowest BCUT2D eigenvalue weighted by Crippen LogP contribution is -2.43. The van der Waals surface area contributed by atoms with E-state index in [-0.39, 0.29) is 23.1 Å². The fraction of sp³-hybridized carbons (Fsp3) is 0.389. The first kappa shape index (κ1) is 16.1. The molecule has 0 aromatic heterocycles. The van der Waals surface area contributed by atoms with Gasteiger partial charge in [0.15, 0.2) is 0 Å². The molecule has 2 N–H and O–H groups in total. The van der Waals surface area contributed by atoms with Crippen molar-refractivity contribution in [3.8, 4) is 5.75 Å². The van der Waals surface area contributed by atoms with Crippen molar-refractivity contribution in [3.05, 3.63) is 40.9 Å². The van der Waals surface area contributed by atoms with E-state index in [1.54, 1.807) is 24.0 Å². The molecule has 2 aromatic rings. The number of aromatic hydroxyl groups is 1. The molecule has 0 bridgehead atoms. The quantitative estimate of drug-likeness (QED) is 0.885. The van der Waals surface area contributed by atoms with Gasteiger partial charge in [-0.15, -0.1) is 0 Å². The van der Waals surface area contributed by atoms with Crippen LogP contribution < -0.4 is 0 Å². The van der Waals surface area contributed by atoms with Crippen LogP contribution >= 0.6 is 11.6 Å². The molecule has 3 rings (SSSR count). The van der Waals surface area contributed by atoms with Crippen LogP contribution in [0.5, 0.6) is 5.75 Å². The van der Waals surface area contributed by atoms with E-state index in [1.807, 2.05) is 12.1 Å². The third-order valence-corrected chi connectivity index (χ3v) is 4.94. The maximum Gasteiger partial charge on any atom is 0.257 e. The Hall–Kier alpha value is -1.78. The monoisotopic (exact) mass is 333 g/mol. The standard InChI is InChI=1S/C18H20ClNO3/c1-11(21)12-5-4-8-20(10-12)18(23)15-9-16(19)13-6-2-3-7-14(13)17(15)22/h2-3,6-7,9,11-12,21-22H,4-5,8,10H2,1H3. The van der Waals surface area contributed by atoms with Crippen molar-refractivity contribution in [2.24, 2.45) is 5.92 Å². The van der Waals surface area contributed by atoms with Crippen molar-refractivity contribution in [1.29, 1.82) is 0 Å². The molecule has 5 heteroatoms. The van der Waals surface area contributed by atoms with Gasteiger partial charge in [-0.1, -0.05) is 35.9 Å². The van der Waals surface area contributed by atoms with Gasteiger partial charge < -0.3 is 15.1 Å². The Balaban J connectivity index is 1.96. The van der Waals surface area contributed by atoms with Gasteiger partial charge >= 0.3 is 0 Å². The molecule has 2 unspecified atom stereocenters. The highest BCUT2D eigenvalue weighted by molar-refractivity contribution is 6.36. The third kappa shape index (κ3) is 3.01. The van der Waals surface area contributed by atoms with Crippen LogP contribution in [0.25, 0.3) is 10.8 Å². The molecule has 0 aliphatic carbocycles. The van der Waals surface area contributed by atoms with Crippen LogP contribution in [0.15, 0.2) is 30.3 Å². The number of aliphatic hydroxyl groups is 1. The molecule has 0 radical (unpaired) electrons. The van der Waals surface area contributed by atoms with Gasteiger partial charge in [0.2, 0.25) is 0 Å². The topological polar surface area (TPSA) is 60.8 Å². The van der Waals surface area contributed by atoms with Crippen LogP contribution in [0.2, 0.25) is 5.02 Å². The zero-order chi connectivity index (χ0) is 16.6. The van der Waals surface area contributed by atoms with Crippen LogP contribution in [-0.4, -0.2) is 40.2 Å². The fourth-order valence-corrected chi connectivity index (χ4v) is 3.51. The summed E-state index contributed by atoms with van der Waals surface area (Å²) in [5.74, 6) is -0.194. The number of likely N-dealkylation sites (tertiary alicyclic amines) is 1. The number of piperidine rings is 1. The van der Waals surface area contributed by atoms with Crippen LogP contribution in [0.4, 0.5) is 0 Å². The zero-order valence-corrected chi connectivity index (χ0v) is 13.8. The number of amides is 1. The number of phenolic OH excluding ortho intramolecular Hbond substituents is 1. The van der Waals surface area contributed by atoms with Crippen molar-refractivity contribution < 1.29 is 15.0 Å². The number of halogens is 1. The van der Waals surface area contributed by atoms with Gasteiger partial charge in [-0.25, -0.2) is 0 Å². The van der Waals surface area contributed by atoms with E-state index < -0.39 is 6.10 Å². The summed E-state index contributed by atoms with van der Waals surface area (Å²) in [4.78, 5) is 14.5. The molecule has 1 amide bonds. The summed E-state index contributed by atoms with van der Waals surface area (Å²) in [6.45, 7) is 2.88. The lowest BCUT2D eigenvalue weighted by atomic mass is 9.93. The second-order valence-corrected chi connectivity index (χ2v) is 6.60. The van der Waals surface area contributed by atoms with E-state index in [0.717, 1.165) is 18.2 Å². The van der Waals surface area contributed by atoms with Gasteiger partial charge in [0.05, 0.1) is 11.7 Å². The minimum atomic E-state index is -0.445. The molecule has 4 nitrogen and oxygen atoms in total. The average Bonchev–Trinajstić information content (AvgIpc) is 2.57. The largest absolute Gasteiger partial charge is 0.506 e. The summed E-state index contributed by atoms with van der Waals surface area (Å²) in [6, 6.07) is 8.75. The van der Waals surface area contributed by atoms with Crippen molar-refractivity contribution in [3.63, 3.8) is 0 Å². The smallest absolute Gasteiger partial charge is 0.257 e. The van der Waals surface area contributed by atoms with E-state index in [4.69, 9.17) is 11.6 Å². The number of hydrogen-bond acceptors (Lipinski definition) is 3. The Morgan fingerprint density at radius 2 is 2.04 bits per heavy atom. The zero-order valence-electron chi connectivity index (χ0n) is 13.0. The molecule has 2 aromatic carbocycles. The maximum absolute atomic E-state index is 12.8. The molecule has 2 atom stereocenters. The highest BCUT2D eigenvalue weighted by Crippen LogP contribution is 2.35. The molecular weight excluding hydrogens is 314 g/mol. The van der Waals surface area contributed by atoms with Crippen molar-refractivity contribution >= 4 is 28.3 Å². The van der Waals surface area contributed by atoms with Crippen LogP contribution in [0.1, 0.15) is 30.1 Å². The Labute approximate surface area is 140 Å². The number of benzene rings is 2. The number of rotatable bonds is 2. The van der Waals surface area contributed by atoms with Crippen molar-refractivity contribution in [2.75, 3.05) is 13.1 Å². The number of carbonyl (C=O) groups is 1. The van der Waals surface area contributed by atoms with Gasteiger partial charge in [0.25, 0.3) is 5.91 Å².